The standard InChI is InChI=1S/C21H18N2O3/c1-13-5-4-6-16-19(14-9-11-15(12-10-14)21(24)23-25)22-17-7-2-3-8-18(17)26-20(13)16/h2-12,21,23-25H,1H3. The summed E-state index contributed by atoms with van der Waals surface area (Å²) in [6.07, 6.45) is -1.13. The molecule has 5 heteroatoms. The molecule has 1 atom stereocenters. The minimum Gasteiger partial charge on any atom is -0.454 e. The number of para-hydroxylation sites is 3. The number of aliphatic imine (C=N–C) groups is 1. The molecule has 5 nitrogen and oxygen atoms in total. The number of nitrogens with one attached hydrogen (secondary N) is 1. The van der Waals surface area contributed by atoms with Crippen molar-refractivity contribution in [3.05, 3.63) is 89.0 Å². The fourth-order valence-corrected chi connectivity index (χ4v) is 3.02. The van der Waals surface area contributed by atoms with Crippen molar-refractivity contribution >= 4 is 11.4 Å². The van der Waals surface area contributed by atoms with Gasteiger partial charge in [0.2, 0.25) is 0 Å². The minimum absolute atomic E-state index is 0.562. The van der Waals surface area contributed by atoms with E-state index in [1.54, 1.807) is 12.1 Å². The van der Waals surface area contributed by atoms with E-state index in [0.29, 0.717) is 5.56 Å². The Balaban J connectivity index is 1.89. The average molecular weight is 346 g/mol. The number of benzene rings is 3. The first-order valence-corrected chi connectivity index (χ1v) is 8.31. The Hall–Kier alpha value is -2.99. The number of nitrogens with zero attached hydrogens (tertiary/aromatic N) is 1. The predicted octanol–water partition coefficient (Wildman–Crippen LogP) is 4.24. The molecule has 3 aromatic rings. The van der Waals surface area contributed by atoms with E-state index in [0.717, 1.165) is 39.6 Å². The maximum atomic E-state index is 9.69. The highest BCUT2D eigenvalue weighted by atomic mass is 16.5. The van der Waals surface area contributed by atoms with Gasteiger partial charge in [0.1, 0.15) is 11.4 Å². The van der Waals surface area contributed by atoms with Gasteiger partial charge in [-0.3, -0.25) is 0 Å². The van der Waals surface area contributed by atoms with Crippen molar-refractivity contribution in [1.29, 1.82) is 0 Å². The fourth-order valence-electron chi connectivity index (χ4n) is 3.02. The highest BCUT2D eigenvalue weighted by molar-refractivity contribution is 6.16. The molecule has 3 N–H and O–H groups in total. The lowest BCUT2D eigenvalue weighted by Gasteiger charge is -2.13. The van der Waals surface area contributed by atoms with Gasteiger partial charge in [0, 0.05) is 11.1 Å². The number of hydroxylamine groups is 1. The van der Waals surface area contributed by atoms with E-state index >= 15 is 0 Å². The zero-order valence-corrected chi connectivity index (χ0v) is 14.2. The monoisotopic (exact) mass is 346 g/mol. The molecule has 3 aromatic carbocycles. The number of aliphatic hydroxyl groups excluding tert-OH is 1. The van der Waals surface area contributed by atoms with Crippen molar-refractivity contribution in [1.82, 2.24) is 5.48 Å². The van der Waals surface area contributed by atoms with E-state index in [2.05, 4.69) is 0 Å². The molecule has 1 aliphatic heterocycles. The summed E-state index contributed by atoms with van der Waals surface area (Å²) >= 11 is 0. The number of hydrogen-bond donors (Lipinski definition) is 3. The Kier molecular flexibility index (Phi) is 4.26. The molecular formula is C21H18N2O3. The molecule has 0 spiro atoms. The Bertz CT molecular complexity index is 981. The van der Waals surface area contributed by atoms with Crippen molar-refractivity contribution in [3.63, 3.8) is 0 Å². The highest BCUT2D eigenvalue weighted by Gasteiger charge is 2.21. The topological polar surface area (TPSA) is 74.1 Å². The SMILES string of the molecule is Cc1cccc2c1Oc1ccccc1N=C2c1ccc(C(O)NO)cc1. The fraction of sp³-hybridized carbons (Fsp3) is 0.0952. The third kappa shape index (κ3) is 2.88. The van der Waals surface area contributed by atoms with Crippen LogP contribution in [0.4, 0.5) is 5.69 Å². The van der Waals surface area contributed by atoms with Gasteiger partial charge in [0.25, 0.3) is 0 Å². The number of ether oxygens (including phenoxy) is 1. The Labute approximate surface area is 151 Å². The summed E-state index contributed by atoms with van der Waals surface area (Å²) < 4.78 is 6.17. The lowest BCUT2D eigenvalue weighted by Crippen LogP contribution is -2.16. The Morgan fingerprint density at radius 2 is 1.73 bits per heavy atom. The zero-order chi connectivity index (χ0) is 18.1. The normalized spacial score (nSPS) is 13.7. The van der Waals surface area contributed by atoms with Crippen LogP contribution in [0.2, 0.25) is 0 Å². The molecule has 0 fully saturated rings. The van der Waals surface area contributed by atoms with Crippen LogP contribution in [0.1, 0.15) is 28.5 Å². The van der Waals surface area contributed by atoms with Gasteiger partial charge in [-0.15, -0.1) is 0 Å². The van der Waals surface area contributed by atoms with Crippen LogP contribution in [0.15, 0.2) is 71.7 Å². The van der Waals surface area contributed by atoms with Gasteiger partial charge in [0.15, 0.2) is 12.0 Å². The predicted molar refractivity (Wildman–Crippen MR) is 99.3 cm³/mol. The third-order valence-electron chi connectivity index (χ3n) is 4.40. The summed E-state index contributed by atoms with van der Waals surface area (Å²) in [5.74, 6) is 1.51. The molecule has 1 heterocycles. The van der Waals surface area contributed by atoms with E-state index < -0.39 is 6.23 Å². The van der Waals surface area contributed by atoms with Crippen LogP contribution in [0.3, 0.4) is 0 Å². The molecule has 0 bridgehead atoms. The Morgan fingerprint density at radius 3 is 2.50 bits per heavy atom. The van der Waals surface area contributed by atoms with Gasteiger partial charge in [-0.1, -0.05) is 48.5 Å². The van der Waals surface area contributed by atoms with Crippen LogP contribution < -0.4 is 10.2 Å². The molecule has 130 valence electrons. The van der Waals surface area contributed by atoms with Gasteiger partial charge in [-0.25, -0.2) is 4.99 Å². The molecule has 0 saturated heterocycles. The first-order valence-electron chi connectivity index (χ1n) is 8.31. The Morgan fingerprint density at radius 1 is 0.962 bits per heavy atom. The number of fused-ring (bicyclic) bond motifs is 2. The van der Waals surface area contributed by atoms with Crippen molar-refractivity contribution < 1.29 is 15.1 Å². The van der Waals surface area contributed by atoms with Gasteiger partial charge in [-0.05, 0) is 36.2 Å². The lowest BCUT2D eigenvalue weighted by atomic mass is 9.98. The third-order valence-corrected chi connectivity index (χ3v) is 4.40. The van der Waals surface area contributed by atoms with Crippen LogP contribution in [-0.2, 0) is 0 Å². The molecule has 1 unspecified atom stereocenters. The minimum atomic E-state index is -1.13. The van der Waals surface area contributed by atoms with Crippen molar-refractivity contribution in [2.75, 3.05) is 0 Å². The molecule has 0 aromatic heterocycles. The van der Waals surface area contributed by atoms with E-state index in [-0.39, 0.29) is 0 Å². The summed E-state index contributed by atoms with van der Waals surface area (Å²) in [5.41, 5.74) is 6.79. The van der Waals surface area contributed by atoms with Gasteiger partial charge < -0.3 is 15.1 Å². The van der Waals surface area contributed by atoms with Gasteiger partial charge in [-0.2, -0.15) is 5.48 Å². The van der Waals surface area contributed by atoms with Crippen LogP contribution in [0.25, 0.3) is 0 Å². The van der Waals surface area contributed by atoms with E-state index in [1.807, 2.05) is 67.0 Å². The highest BCUT2D eigenvalue weighted by Crippen LogP contribution is 2.40. The summed E-state index contributed by atoms with van der Waals surface area (Å²) in [7, 11) is 0. The van der Waals surface area contributed by atoms with Crippen LogP contribution in [0, 0.1) is 6.92 Å². The molecule has 0 saturated carbocycles. The lowest BCUT2D eigenvalue weighted by molar-refractivity contribution is 0.000700. The molecule has 0 radical (unpaired) electrons. The summed E-state index contributed by atoms with van der Waals surface area (Å²) in [6.45, 7) is 2.01. The summed E-state index contributed by atoms with van der Waals surface area (Å²) in [6, 6.07) is 20.9. The first-order chi connectivity index (χ1) is 12.7. The van der Waals surface area contributed by atoms with Gasteiger partial charge >= 0.3 is 0 Å². The smallest absolute Gasteiger partial charge is 0.153 e. The second-order valence-corrected chi connectivity index (χ2v) is 6.14. The second kappa shape index (κ2) is 6.72. The average Bonchev–Trinajstić information content (AvgIpc) is 2.85. The molecule has 26 heavy (non-hydrogen) atoms. The molecule has 0 amide bonds. The number of hydrogen-bond acceptors (Lipinski definition) is 5. The number of aliphatic hydroxyl groups is 1. The molecule has 4 rings (SSSR count). The maximum Gasteiger partial charge on any atom is 0.153 e. The number of rotatable bonds is 3. The van der Waals surface area contributed by atoms with Crippen molar-refractivity contribution in [2.24, 2.45) is 4.99 Å². The van der Waals surface area contributed by atoms with Gasteiger partial charge in [0.05, 0.1) is 5.71 Å². The molecular weight excluding hydrogens is 328 g/mol. The maximum absolute atomic E-state index is 9.69. The first kappa shape index (κ1) is 16.5. The van der Waals surface area contributed by atoms with E-state index in [1.165, 1.54) is 0 Å². The summed E-state index contributed by atoms with van der Waals surface area (Å²) in [5, 5.41) is 18.6. The summed E-state index contributed by atoms with van der Waals surface area (Å²) in [4.78, 5) is 4.85. The largest absolute Gasteiger partial charge is 0.454 e. The molecule has 1 aliphatic rings. The van der Waals surface area contributed by atoms with Crippen molar-refractivity contribution in [3.8, 4) is 11.5 Å². The van der Waals surface area contributed by atoms with Crippen LogP contribution >= 0.6 is 0 Å². The van der Waals surface area contributed by atoms with E-state index in [4.69, 9.17) is 14.9 Å². The second-order valence-electron chi connectivity index (χ2n) is 6.14. The molecule has 0 aliphatic carbocycles. The van der Waals surface area contributed by atoms with Crippen LogP contribution in [0.5, 0.6) is 11.5 Å². The number of aryl methyl sites for hydroxylation is 1. The van der Waals surface area contributed by atoms with Crippen LogP contribution in [-0.4, -0.2) is 16.0 Å². The van der Waals surface area contributed by atoms with E-state index in [9.17, 15) is 5.11 Å². The van der Waals surface area contributed by atoms with Crippen molar-refractivity contribution in [2.45, 2.75) is 13.2 Å². The quantitative estimate of drug-likeness (QED) is 0.383. The zero-order valence-electron chi connectivity index (χ0n) is 14.2.